The standard InChI is InChI=1S/C21H20ClN5OS/c1-26(2)10-5-11-27(21-25-17-9-8-14(22)12-19(17)29-21)20(28)18-13-23-15-6-3-4-7-16(15)24-18/h3-4,6-9,12-13H,5,10-11H2,1-2H3. The monoisotopic (exact) mass is 425 g/mol. The number of halogens is 1. The number of benzene rings is 2. The highest BCUT2D eigenvalue weighted by Crippen LogP contribution is 2.31. The number of fused-ring (bicyclic) bond motifs is 2. The van der Waals surface area contributed by atoms with E-state index in [-0.39, 0.29) is 5.91 Å². The number of thiazole rings is 1. The van der Waals surface area contributed by atoms with Crippen molar-refractivity contribution in [1.82, 2.24) is 19.9 Å². The Morgan fingerprint density at radius 2 is 1.83 bits per heavy atom. The smallest absolute Gasteiger partial charge is 0.280 e. The molecule has 2 heterocycles. The van der Waals surface area contributed by atoms with Crippen LogP contribution in [0.5, 0.6) is 0 Å². The largest absolute Gasteiger partial charge is 0.309 e. The van der Waals surface area contributed by atoms with Gasteiger partial charge in [-0.25, -0.2) is 9.97 Å². The fourth-order valence-electron chi connectivity index (χ4n) is 3.03. The van der Waals surface area contributed by atoms with Gasteiger partial charge in [0, 0.05) is 11.6 Å². The number of hydrogen-bond acceptors (Lipinski definition) is 6. The molecular formula is C21H20ClN5OS. The number of hydrogen-bond donors (Lipinski definition) is 0. The van der Waals surface area contributed by atoms with Gasteiger partial charge < -0.3 is 4.90 Å². The lowest BCUT2D eigenvalue weighted by Crippen LogP contribution is -2.34. The molecule has 29 heavy (non-hydrogen) atoms. The van der Waals surface area contributed by atoms with Crippen molar-refractivity contribution in [2.75, 3.05) is 32.1 Å². The first-order valence-electron chi connectivity index (χ1n) is 9.26. The second-order valence-corrected chi connectivity index (χ2v) is 8.41. The maximum absolute atomic E-state index is 13.4. The van der Waals surface area contributed by atoms with Crippen LogP contribution in [0.25, 0.3) is 21.3 Å². The Labute approximate surface area is 177 Å². The van der Waals surface area contributed by atoms with Crippen LogP contribution in [0.2, 0.25) is 5.02 Å². The summed E-state index contributed by atoms with van der Waals surface area (Å²) in [5.74, 6) is -0.202. The molecule has 0 bridgehead atoms. The summed E-state index contributed by atoms with van der Waals surface area (Å²) in [5, 5.41) is 1.29. The topological polar surface area (TPSA) is 62.2 Å². The summed E-state index contributed by atoms with van der Waals surface area (Å²) in [6, 6.07) is 13.1. The molecule has 1 amide bonds. The second kappa shape index (κ2) is 8.41. The number of amides is 1. The molecule has 8 heteroatoms. The van der Waals surface area contributed by atoms with Crippen molar-refractivity contribution >= 4 is 55.2 Å². The molecule has 0 aliphatic carbocycles. The minimum absolute atomic E-state index is 0.202. The average molecular weight is 426 g/mol. The van der Waals surface area contributed by atoms with Crippen molar-refractivity contribution in [2.24, 2.45) is 0 Å². The summed E-state index contributed by atoms with van der Waals surface area (Å²) in [7, 11) is 4.03. The van der Waals surface area contributed by atoms with Crippen molar-refractivity contribution in [3.63, 3.8) is 0 Å². The third-order valence-corrected chi connectivity index (χ3v) is 5.75. The van der Waals surface area contributed by atoms with Gasteiger partial charge in [0.25, 0.3) is 5.91 Å². The minimum atomic E-state index is -0.202. The Morgan fingerprint density at radius 1 is 1.03 bits per heavy atom. The van der Waals surface area contributed by atoms with Crippen LogP contribution < -0.4 is 4.90 Å². The number of aromatic nitrogens is 3. The van der Waals surface area contributed by atoms with Gasteiger partial charge in [0.1, 0.15) is 5.69 Å². The fraction of sp³-hybridized carbons (Fsp3) is 0.238. The maximum Gasteiger partial charge on any atom is 0.280 e. The number of nitrogens with zero attached hydrogens (tertiary/aromatic N) is 5. The highest BCUT2D eigenvalue weighted by molar-refractivity contribution is 7.22. The summed E-state index contributed by atoms with van der Waals surface area (Å²) in [5.41, 5.74) is 2.59. The summed E-state index contributed by atoms with van der Waals surface area (Å²) >= 11 is 7.57. The first-order valence-corrected chi connectivity index (χ1v) is 10.5. The van der Waals surface area contributed by atoms with Crippen LogP contribution in [-0.4, -0.2) is 52.9 Å². The van der Waals surface area contributed by atoms with Gasteiger partial charge >= 0.3 is 0 Å². The molecule has 0 atom stereocenters. The van der Waals surface area contributed by atoms with Crippen molar-refractivity contribution in [1.29, 1.82) is 0 Å². The van der Waals surface area contributed by atoms with Crippen LogP contribution in [-0.2, 0) is 0 Å². The number of para-hydroxylation sites is 2. The highest BCUT2D eigenvalue weighted by Gasteiger charge is 2.23. The lowest BCUT2D eigenvalue weighted by atomic mass is 10.2. The second-order valence-electron chi connectivity index (χ2n) is 6.97. The molecule has 2 aromatic heterocycles. The van der Waals surface area contributed by atoms with E-state index in [0.717, 1.165) is 28.7 Å². The Balaban J connectivity index is 1.70. The molecule has 0 unspecified atom stereocenters. The zero-order chi connectivity index (χ0) is 20.4. The van der Waals surface area contributed by atoms with Crippen LogP contribution in [0, 0.1) is 0 Å². The van der Waals surface area contributed by atoms with Gasteiger partial charge in [0.15, 0.2) is 5.13 Å². The van der Waals surface area contributed by atoms with Crippen LogP contribution >= 0.6 is 22.9 Å². The zero-order valence-electron chi connectivity index (χ0n) is 16.2. The zero-order valence-corrected chi connectivity index (χ0v) is 17.7. The fourth-order valence-corrected chi connectivity index (χ4v) is 4.30. The maximum atomic E-state index is 13.4. The van der Waals surface area contributed by atoms with Crippen LogP contribution in [0.4, 0.5) is 5.13 Å². The molecule has 0 fully saturated rings. The highest BCUT2D eigenvalue weighted by atomic mass is 35.5. The molecule has 0 saturated heterocycles. The van der Waals surface area contributed by atoms with E-state index in [1.807, 2.05) is 50.5 Å². The molecular weight excluding hydrogens is 406 g/mol. The molecule has 4 rings (SSSR count). The summed E-state index contributed by atoms with van der Waals surface area (Å²) in [4.78, 5) is 30.7. The predicted octanol–water partition coefficient (Wildman–Crippen LogP) is 4.49. The Hall–Kier alpha value is -2.61. The Kier molecular flexibility index (Phi) is 5.71. The van der Waals surface area contributed by atoms with Crippen LogP contribution in [0.1, 0.15) is 16.9 Å². The number of anilines is 1. The number of carbonyl (C=O) groups excluding carboxylic acids is 1. The molecule has 0 saturated carbocycles. The van der Waals surface area contributed by atoms with E-state index >= 15 is 0 Å². The molecule has 0 aliphatic rings. The normalized spacial score (nSPS) is 11.4. The third kappa shape index (κ3) is 4.37. The number of rotatable bonds is 6. The van der Waals surface area contributed by atoms with Gasteiger partial charge in [-0.3, -0.25) is 14.7 Å². The average Bonchev–Trinajstić information content (AvgIpc) is 3.13. The van der Waals surface area contributed by atoms with E-state index in [1.165, 1.54) is 17.5 Å². The van der Waals surface area contributed by atoms with Crippen molar-refractivity contribution in [3.8, 4) is 0 Å². The number of carbonyl (C=O) groups is 1. The molecule has 0 N–H and O–H groups in total. The minimum Gasteiger partial charge on any atom is -0.309 e. The summed E-state index contributed by atoms with van der Waals surface area (Å²) in [6.07, 6.45) is 2.35. The third-order valence-electron chi connectivity index (χ3n) is 4.47. The first kappa shape index (κ1) is 19.7. The van der Waals surface area contributed by atoms with Gasteiger partial charge in [0.05, 0.1) is 27.4 Å². The van der Waals surface area contributed by atoms with E-state index in [9.17, 15) is 4.79 Å². The van der Waals surface area contributed by atoms with Gasteiger partial charge in [0.2, 0.25) is 0 Å². The van der Waals surface area contributed by atoms with Crippen molar-refractivity contribution in [3.05, 3.63) is 59.4 Å². The molecule has 148 valence electrons. The molecule has 0 radical (unpaired) electrons. The quantitative estimate of drug-likeness (QED) is 0.455. The lowest BCUT2D eigenvalue weighted by molar-refractivity contribution is 0.0981. The van der Waals surface area contributed by atoms with Crippen LogP contribution in [0.3, 0.4) is 0 Å². The van der Waals surface area contributed by atoms with Gasteiger partial charge in [-0.05, 0) is 57.4 Å². The Morgan fingerprint density at radius 3 is 2.62 bits per heavy atom. The van der Waals surface area contributed by atoms with Gasteiger partial charge in [-0.1, -0.05) is 35.1 Å². The molecule has 4 aromatic rings. The molecule has 0 spiro atoms. The first-order chi connectivity index (χ1) is 14.0. The van der Waals surface area contributed by atoms with Crippen molar-refractivity contribution < 1.29 is 4.79 Å². The molecule has 0 aliphatic heterocycles. The SMILES string of the molecule is CN(C)CCCN(C(=O)c1cnc2ccccc2n1)c1nc2ccc(Cl)cc2s1. The van der Waals surface area contributed by atoms with Crippen molar-refractivity contribution in [2.45, 2.75) is 6.42 Å². The Bertz CT molecular complexity index is 1180. The van der Waals surface area contributed by atoms with Gasteiger partial charge in [-0.2, -0.15) is 0 Å². The molecule has 2 aromatic carbocycles. The summed E-state index contributed by atoms with van der Waals surface area (Å²) in [6.45, 7) is 1.41. The van der Waals surface area contributed by atoms with E-state index in [4.69, 9.17) is 11.6 Å². The van der Waals surface area contributed by atoms with E-state index in [2.05, 4.69) is 19.9 Å². The van der Waals surface area contributed by atoms with E-state index < -0.39 is 0 Å². The summed E-state index contributed by atoms with van der Waals surface area (Å²) < 4.78 is 0.947. The molecule has 6 nitrogen and oxygen atoms in total. The van der Waals surface area contributed by atoms with Crippen LogP contribution in [0.15, 0.2) is 48.7 Å². The van der Waals surface area contributed by atoms with E-state index in [1.54, 1.807) is 11.0 Å². The predicted molar refractivity (Wildman–Crippen MR) is 119 cm³/mol. The van der Waals surface area contributed by atoms with E-state index in [0.29, 0.717) is 27.9 Å². The van der Waals surface area contributed by atoms with Gasteiger partial charge in [-0.15, -0.1) is 0 Å². The lowest BCUT2D eigenvalue weighted by Gasteiger charge is -2.20.